The van der Waals surface area contributed by atoms with E-state index in [1.807, 2.05) is 0 Å². The van der Waals surface area contributed by atoms with Crippen molar-refractivity contribution in [1.29, 1.82) is 0 Å². The molecule has 0 bridgehead atoms. The summed E-state index contributed by atoms with van der Waals surface area (Å²) in [4.78, 5) is 2.80. The lowest BCUT2D eigenvalue weighted by Gasteiger charge is -2.43. The van der Waals surface area contributed by atoms with E-state index >= 15 is 0 Å². The fourth-order valence-corrected chi connectivity index (χ4v) is 4.67. The van der Waals surface area contributed by atoms with Gasteiger partial charge in [0.1, 0.15) is 0 Å². The van der Waals surface area contributed by atoms with Gasteiger partial charge in [0.25, 0.3) is 0 Å². The number of hydrogen-bond donors (Lipinski definition) is 1. The molecule has 0 aliphatic carbocycles. The van der Waals surface area contributed by atoms with Gasteiger partial charge >= 0.3 is 0 Å². The number of thioether (sulfide) groups is 1. The van der Waals surface area contributed by atoms with Gasteiger partial charge in [0.05, 0.1) is 0 Å². The van der Waals surface area contributed by atoms with Crippen molar-refractivity contribution in [2.24, 2.45) is 5.92 Å². The number of nitrogens with zero attached hydrogens (tertiary/aromatic N) is 1. The molecule has 2 nitrogen and oxygen atoms in total. The third-order valence-electron chi connectivity index (χ3n) is 4.52. The van der Waals surface area contributed by atoms with E-state index < -0.39 is 0 Å². The van der Waals surface area contributed by atoms with Crippen molar-refractivity contribution < 1.29 is 0 Å². The van der Waals surface area contributed by atoms with Crippen molar-refractivity contribution in [3.8, 4) is 0 Å². The monoisotopic (exact) mass is 270 g/mol. The first-order valence-corrected chi connectivity index (χ1v) is 8.81. The largest absolute Gasteiger partial charge is 0.316 e. The van der Waals surface area contributed by atoms with Gasteiger partial charge in [0.15, 0.2) is 0 Å². The lowest BCUT2D eigenvalue weighted by atomic mass is 9.96. The topological polar surface area (TPSA) is 15.3 Å². The third-order valence-corrected chi connectivity index (χ3v) is 5.89. The highest BCUT2D eigenvalue weighted by molar-refractivity contribution is 7.99. The van der Waals surface area contributed by atoms with Crippen LogP contribution < -0.4 is 5.32 Å². The molecule has 2 rings (SSSR count). The SMILES string of the molecule is CC1SCCCC1N(CC1CCCNC1)C(C)C. The first-order valence-electron chi connectivity index (χ1n) is 7.76. The van der Waals surface area contributed by atoms with Gasteiger partial charge in [0, 0.05) is 23.9 Å². The molecular weight excluding hydrogens is 240 g/mol. The Labute approximate surface area is 117 Å². The minimum Gasteiger partial charge on any atom is -0.316 e. The van der Waals surface area contributed by atoms with Crippen LogP contribution in [-0.4, -0.2) is 47.6 Å². The predicted octanol–water partition coefficient (Wildman–Crippen LogP) is 2.98. The highest BCUT2D eigenvalue weighted by Crippen LogP contribution is 2.31. The summed E-state index contributed by atoms with van der Waals surface area (Å²) < 4.78 is 0. The number of hydrogen-bond acceptors (Lipinski definition) is 3. The van der Waals surface area contributed by atoms with E-state index in [2.05, 4.69) is 42.7 Å². The molecule has 0 aromatic rings. The van der Waals surface area contributed by atoms with Gasteiger partial charge < -0.3 is 5.32 Å². The molecule has 0 amide bonds. The summed E-state index contributed by atoms with van der Waals surface area (Å²) in [6, 6.07) is 1.50. The Morgan fingerprint density at radius 2 is 2.11 bits per heavy atom. The lowest BCUT2D eigenvalue weighted by Crippen LogP contribution is -2.50. The minimum atomic E-state index is 0.693. The zero-order chi connectivity index (χ0) is 13.0. The fourth-order valence-electron chi connectivity index (χ4n) is 3.45. The zero-order valence-electron chi connectivity index (χ0n) is 12.3. The summed E-state index contributed by atoms with van der Waals surface area (Å²) >= 11 is 2.18. The van der Waals surface area contributed by atoms with Crippen molar-refractivity contribution in [2.75, 3.05) is 25.4 Å². The van der Waals surface area contributed by atoms with Gasteiger partial charge in [-0.3, -0.25) is 4.90 Å². The first-order chi connectivity index (χ1) is 8.68. The van der Waals surface area contributed by atoms with Gasteiger partial charge in [-0.2, -0.15) is 11.8 Å². The summed E-state index contributed by atoms with van der Waals surface area (Å²) in [6.45, 7) is 11.0. The van der Waals surface area contributed by atoms with Crippen LogP contribution in [0.25, 0.3) is 0 Å². The highest BCUT2D eigenvalue weighted by Gasteiger charge is 2.30. The van der Waals surface area contributed by atoms with Crippen LogP contribution >= 0.6 is 11.8 Å². The van der Waals surface area contributed by atoms with Crippen molar-refractivity contribution in [1.82, 2.24) is 10.2 Å². The van der Waals surface area contributed by atoms with Gasteiger partial charge in [-0.25, -0.2) is 0 Å². The molecule has 3 heteroatoms. The Balaban J connectivity index is 1.93. The summed E-state index contributed by atoms with van der Waals surface area (Å²) in [5, 5.41) is 4.38. The second-order valence-electron chi connectivity index (χ2n) is 6.29. The van der Waals surface area contributed by atoms with Crippen LogP contribution in [0.2, 0.25) is 0 Å². The minimum absolute atomic E-state index is 0.693. The van der Waals surface area contributed by atoms with Gasteiger partial charge in [-0.05, 0) is 64.3 Å². The van der Waals surface area contributed by atoms with Crippen molar-refractivity contribution in [3.05, 3.63) is 0 Å². The molecule has 0 aromatic heterocycles. The van der Waals surface area contributed by atoms with Gasteiger partial charge in [0.2, 0.25) is 0 Å². The van der Waals surface area contributed by atoms with E-state index in [4.69, 9.17) is 0 Å². The molecular formula is C15H30N2S. The van der Waals surface area contributed by atoms with Crippen LogP contribution in [0.5, 0.6) is 0 Å². The maximum Gasteiger partial charge on any atom is 0.0215 e. The molecule has 0 radical (unpaired) electrons. The molecule has 3 atom stereocenters. The van der Waals surface area contributed by atoms with Crippen LogP contribution in [0.3, 0.4) is 0 Å². The van der Waals surface area contributed by atoms with E-state index in [-0.39, 0.29) is 0 Å². The molecule has 2 aliphatic heterocycles. The number of rotatable bonds is 4. The number of piperidine rings is 1. The second-order valence-corrected chi connectivity index (χ2v) is 7.77. The van der Waals surface area contributed by atoms with E-state index in [1.54, 1.807) is 0 Å². The van der Waals surface area contributed by atoms with Crippen molar-refractivity contribution in [2.45, 2.75) is 63.8 Å². The summed E-state index contributed by atoms with van der Waals surface area (Å²) in [5.41, 5.74) is 0. The summed E-state index contributed by atoms with van der Waals surface area (Å²) in [7, 11) is 0. The molecule has 0 spiro atoms. The predicted molar refractivity (Wildman–Crippen MR) is 82.4 cm³/mol. The molecule has 2 aliphatic rings. The Hall–Kier alpha value is 0.270. The van der Waals surface area contributed by atoms with E-state index in [1.165, 1.54) is 51.1 Å². The smallest absolute Gasteiger partial charge is 0.0215 e. The van der Waals surface area contributed by atoms with Crippen LogP contribution in [0.1, 0.15) is 46.5 Å². The Kier molecular flexibility index (Phi) is 5.84. The molecule has 18 heavy (non-hydrogen) atoms. The van der Waals surface area contributed by atoms with Gasteiger partial charge in [-0.15, -0.1) is 0 Å². The maximum absolute atomic E-state index is 3.56. The molecule has 106 valence electrons. The van der Waals surface area contributed by atoms with Crippen LogP contribution in [0.15, 0.2) is 0 Å². The molecule has 2 saturated heterocycles. The standard InChI is InChI=1S/C15H30N2S/c1-12(2)17(11-14-6-4-8-16-10-14)15-7-5-9-18-13(15)3/h12-16H,4-11H2,1-3H3. The fraction of sp³-hybridized carbons (Fsp3) is 1.00. The highest BCUT2D eigenvalue weighted by atomic mass is 32.2. The Bertz CT molecular complexity index is 239. The van der Waals surface area contributed by atoms with Crippen LogP contribution in [-0.2, 0) is 0 Å². The molecule has 2 fully saturated rings. The van der Waals surface area contributed by atoms with Crippen LogP contribution in [0.4, 0.5) is 0 Å². The lowest BCUT2D eigenvalue weighted by molar-refractivity contribution is 0.109. The van der Waals surface area contributed by atoms with Crippen LogP contribution in [0, 0.1) is 5.92 Å². The van der Waals surface area contributed by atoms with Gasteiger partial charge in [-0.1, -0.05) is 6.92 Å². The molecule has 0 saturated carbocycles. The summed E-state index contributed by atoms with van der Waals surface area (Å²) in [5.74, 6) is 2.24. The quantitative estimate of drug-likeness (QED) is 0.845. The van der Waals surface area contributed by atoms with E-state index in [0.29, 0.717) is 6.04 Å². The summed E-state index contributed by atoms with van der Waals surface area (Å²) in [6.07, 6.45) is 5.61. The Morgan fingerprint density at radius 3 is 2.72 bits per heavy atom. The normalized spacial score (nSPS) is 34.2. The number of nitrogens with one attached hydrogen (secondary N) is 1. The average Bonchev–Trinajstić information content (AvgIpc) is 2.38. The van der Waals surface area contributed by atoms with E-state index in [0.717, 1.165) is 17.2 Å². The van der Waals surface area contributed by atoms with Crippen molar-refractivity contribution >= 4 is 11.8 Å². The second kappa shape index (κ2) is 7.16. The molecule has 2 heterocycles. The molecule has 3 unspecified atom stereocenters. The molecule has 1 N–H and O–H groups in total. The Morgan fingerprint density at radius 1 is 1.28 bits per heavy atom. The maximum atomic E-state index is 3.56. The zero-order valence-corrected chi connectivity index (χ0v) is 13.1. The average molecular weight is 270 g/mol. The third kappa shape index (κ3) is 3.88. The van der Waals surface area contributed by atoms with Crippen molar-refractivity contribution in [3.63, 3.8) is 0 Å². The molecule has 0 aromatic carbocycles. The van der Waals surface area contributed by atoms with E-state index in [9.17, 15) is 0 Å². The first kappa shape index (κ1) is 14.7.